The molecule has 0 N–H and O–H groups in total. The summed E-state index contributed by atoms with van der Waals surface area (Å²) in [5.74, 6) is 0. The maximum atomic E-state index is 6.22. The van der Waals surface area contributed by atoms with Crippen LogP contribution >= 0.6 is 11.3 Å². The molecule has 0 atom stereocenters. The lowest BCUT2D eigenvalue weighted by molar-refractivity contribution is 0.669. The maximum absolute atomic E-state index is 6.22. The first-order chi connectivity index (χ1) is 19.8. The second-order valence-corrected chi connectivity index (χ2v) is 11.5. The van der Waals surface area contributed by atoms with E-state index in [4.69, 9.17) is 4.42 Å². The fourth-order valence-electron chi connectivity index (χ4n) is 6.48. The van der Waals surface area contributed by atoms with Gasteiger partial charge in [-0.05, 0) is 79.2 Å². The third-order valence-corrected chi connectivity index (χ3v) is 9.43. The summed E-state index contributed by atoms with van der Waals surface area (Å²) in [4.78, 5) is 1.28. The van der Waals surface area contributed by atoms with Gasteiger partial charge in [0.2, 0.25) is 0 Å². The molecule has 0 saturated carbocycles. The van der Waals surface area contributed by atoms with Crippen molar-refractivity contribution in [3.63, 3.8) is 0 Å². The molecule has 2 heterocycles. The number of para-hydroxylation sites is 1. The number of furan rings is 1. The Labute approximate surface area is 234 Å². The normalized spacial score (nSPS) is 12.0. The van der Waals surface area contributed by atoms with Crippen molar-refractivity contribution in [3.05, 3.63) is 133 Å². The van der Waals surface area contributed by atoms with E-state index in [1.54, 1.807) is 0 Å². The maximum Gasteiger partial charge on any atom is 0.136 e. The minimum atomic E-state index is 0.940. The zero-order chi connectivity index (χ0) is 26.2. The highest BCUT2D eigenvalue weighted by Crippen LogP contribution is 2.48. The predicted molar refractivity (Wildman–Crippen MR) is 172 cm³/mol. The molecular formula is C38H22OS. The summed E-state index contributed by atoms with van der Waals surface area (Å²) in [5.41, 5.74) is 5.74. The van der Waals surface area contributed by atoms with Gasteiger partial charge in [-0.1, -0.05) is 103 Å². The number of fused-ring (bicyclic) bond motifs is 8. The molecule has 0 aliphatic carbocycles. The molecule has 40 heavy (non-hydrogen) atoms. The summed E-state index contributed by atoms with van der Waals surface area (Å²) in [6.45, 7) is 0. The molecule has 9 rings (SSSR count). The topological polar surface area (TPSA) is 13.1 Å². The van der Waals surface area contributed by atoms with Crippen LogP contribution in [0.25, 0.3) is 85.9 Å². The van der Waals surface area contributed by atoms with Crippen LogP contribution in [0.15, 0.2) is 138 Å². The smallest absolute Gasteiger partial charge is 0.136 e. The monoisotopic (exact) mass is 526 g/mol. The number of hydrogen-bond donors (Lipinski definition) is 0. The Morgan fingerprint density at radius 1 is 0.425 bits per heavy atom. The molecule has 0 amide bonds. The fraction of sp³-hybridized carbons (Fsp3) is 0. The lowest BCUT2D eigenvalue weighted by atomic mass is 9.87. The molecule has 186 valence electrons. The second-order valence-electron chi connectivity index (χ2n) is 10.5. The van der Waals surface area contributed by atoms with Gasteiger partial charge in [-0.15, -0.1) is 11.3 Å². The van der Waals surface area contributed by atoms with Crippen LogP contribution in [0, 0.1) is 0 Å². The van der Waals surface area contributed by atoms with E-state index in [0.717, 1.165) is 11.2 Å². The first kappa shape index (κ1) is 22.0. The molecule has 7 aromatic carbocycles. The van der Waals surface area contributed by atoms with Gasteiger partial charge in [-0.2, -0.15) is 0 Å². The molecule has 0 aliphatic rings. The minimum Gasteiger partial charge on any atom is -0.456 e. The van der Waals surface area contributed by atoms with E-state index >= 15 is 0 Å². The zero-order valence-electron chi connectivity index (χ0n) is 21.5. The predicted octanol–water partition coefficient (Wildman–Crippen LogP) is 11.6. The van der Waals surface area contributed by atoms with E-state index in [1.165, 1.54) is 74.7 Å². The van der Waals surface area contributed by atoms with E-state index in [2.05, 4.69) is 127 Å². The molecule has 0 saturated heterocycles. The third-order valence-electron chi connectivity index (χ3n) is 8.24. The number of benzene rings is 7. The van der Waals surface area contributed by atoms with Gasteiger partial charge in [0.1, 0.15) is 11.2 Å². The molecule has 0 fully saturated rings. The first-order valence-electron chi connectivity index (χ1n) is 13.6. The van der Waals surface area contributed by atoms with Crippen LogP contribution in [-0.2, 0) is 0 Å². The lowest BCUT2D eigenvalue weighted by Crippen LogP contribution is -1.89. The van der Waals surface area contributed by atoms with Gasteiger partial charge in [-0.25, -0.2) is 0 Å². The Bertz CT molecular complexity index is 2380. The standard InChI is InChI=1S/C38H22OS/c1-2-10-24-21-25(18-17-23(24)9-1)35-27-11-3-5-13-29(27)36(30-14-6-4-12-28(30)35)34-22-26-19-20-33-37(38(26)40-34)31-15-7-8-16-32(31)39-33/h1-22H. The quantitative estimate of drug-likeness (QED) is 0.204. The van der Waals surface area contributed by atoms with Gasteiger partial charge in [-0.3, -0.25) is 0 Å². The summed E-state index contributed by atoms with van der Waals surface area (Å²) in [6, 6.07) is 48.3. The van der Waals surface area contributed by atoms with Gasteiger partial charge in [0.25, 0.3) is 0 Å². The summed E-state index contributed by atoms with van der Waals surface area (Å²) in [6.07, 6.45) is 0. The van der Waals surface area contributed by atoms with Crippen molar-refractivity contribution in [3.8, 4) is 21.6 Å². The molecule has 1 nitrogen and oxygen atoms in total. The van der Waals surface area contributed by atoms with Crippen LogP contribution in [0.3, 0.4) is 0 Å². The summed E-state index contributed by atoms with van der Waals surface area (Å²) in [7, 11) is 0. The lowest BCUT2D eigenvalue weighted by Gasteiger charge is -2.17. The minimum absolute atomic E-state index is 0.940. The SMILES string of the molecule is c1ccc2cc(-c3c4ccccc4c(-c4cc5ccc6oc7ccccc7c6c5s4)c4ccccc34)ccc2c1. The van der Waals surface area contributed by atoms with E-state index in [0.29, 0.717) is 0 Å². The van der Waals surface area contributed by atoms with Crippen molar-refractivity contribution in [2.75, 3.05) is 0 Å². The number of rotatable bonds is 2. The van der Waals surface area contributed by atoms with Crippen molar-refractivity contribution < 1.29 is 4.42 Å². The average molecular weight is 527 g/mol. The Hall–Kier alpha value is -4.92. The molecule has 0 radical (unpaired) electrons. The van der Waals surface area contributed by atoms with Crippen LogP contribution < -0.4 is 0 Å². The molecule has 0 spiro atoms. The van der Waals surface area contributed by atoms with Crippen LogP contribution in [0.5, 0.6) is 0 Å². The van der Waals surface area contributed by atoms with Crippen LogP contribution in [0.1, 0.15) is 0 Å². The van der Waals surface area contributed by atoms with Crippen molar-refractivity contribution in [1.29, 1.82) is 0 Å². The Morgan fingerprint density at radius 2 is 1.02 bits per heavy atom. The van der Waals surface area contributed by atoms with Gasteiger partial charge < -0.3 is 4.42 Å². The van der Waals surface area contributed by atoms with Crippen molar-refractivity contribution >= 4 is 75.7 Å². The van der Waals surface area contributed by atoms with Crippen LogP contribution in [0.4, 0.5) is 0 Å². The Morgan fingerprint density at radius 3 is 1.77 bits per heavy atom. The van der Waals surface area contributed by atoms with Crippen LogP contribution in [-0.4, -0.2) is 0 Å². The van der Waals surface area contributed by atoms with Crippen molar-refractivity contribution in [2.24, 2.45) is 0 Å². The molecule has 2 heteroatoms. The highest BCUT2D eigenvalue weighted by atomic mass is 32.1. The van der Waals surface area contributed by atoms with Gasteiger partial charge in [0.05, 0.1) is 0 Å². The first-order valence-corrected chi connectivity index (χ1v) is 14.4. The van der Waals surface area contributed by atoms with Gasteiger partial charge >= 0.3 is 0 Å². The molecular weight excluding hydrogens is 504 g/mol. The third kappa shape index (κ3) is 3.08. The highest BCUT2D eigenvalue weighted by molar-refractivity contribution is 7.23. The molecule has 9 aromatic rings. The van der Waals surface area contributed by atoms with Crippen molar-refractivity contribution in [2.45, 2.75) is 0 Å². The van der Waals surface area contributed by atoms with Gasteiger partial charge in [0.15, 0.2) is 0 Å². The van der Waals surface area contributed by atoms with Crippen molar-refractivity contribution in [1.82, 2.24) is 0 Å². The van der Waals surface area contributed by atoms with E-state index in [9.17, 15) is 0 Å². The zero-order valence-corrected chi connectivity index (χ0v) is 22.3. The summed E-state index contributed by atoms with van der Waals surface area (Å²) < 4.78 is 7.50. The number of thiophene rings is 1. The van der Waals surface area contributed by atoms with E-state index < -0.39 is 0 Å². The second kappa shape index (κ2) is 8.29. The van der Waals surface area contributed by atoms with Gasteiger partial charge in [0, 0.05) is 25.9 Å². The summed E-state index contributed by atoms with van der Waals surface area (Å²) >= 11 is 1.87. The van der Waals surface area contributed by atoms with E-state index in [1.807, 2.05) is 17.4 Å². The molecule has 2 aromatic heterocycles. The molecule has 0 aliphatic heterocycles. The van der Waals surface area contributed by atoms with E-state index in [-0.39, 0.29) is 0 Å². The van der Waals surface area contributed by atoms with Crippen LogP contribution in [0.2, 0.25) is 0 Å². The molecule has 0 unspecified atom stereocenters. The molecule has 0 bridgehead atoms. The Kier molecular flexibility index (Phi) is 4.55. The Balaban J connectivity index is 1.39. The fourth-order valence-corrected chi connectivity index (χ4v) is 7.76. The average Bonchev–Trinajstić information content (AvgIpc) is 3.61. The largest absolute Gasteiger partial charge is 0.456 e. The highest BCUT2D eigenvalue weighted by Gasteiger charge is 2.19. The summed E-state index contributed by atoms with van der Waals surface area (Å²) in [5, 5.41) is 11.3. The number of hydrogen-bond acceptors (Lipinski definition) is 2.